The van der Waals surface area contributed by atoms with E-state index in [-0.39, 0.29) is 18.5 Å². The van der Waals surface area contributed by atoms with Crippen LogP contribution in [0.3, 0.4) is 0 Å². The average Bonchev–Trinajstić information content (AvgIpc) is 2.76. The van der Waals surface area contributed by atoms with Crippen LogP contribution in [0.5, 0.6) is 0 Å². The standard InChI is InChI=1S/C23H29BrClN3O4S/c1-5-16(2)26-23(30)17(3)27(14-18-6-10-20(25)11-7-18)22(29)15-28(33(4,31)32)21-12-8-19(24)9-13-21/h6-13,16-17H,5,14-15H2,1-4H3,(H,26,30). The van der Waals surface area contributed by atoms with Crippen molar-refractivity contribution in [3.63, 3.8) is 0 Å². The van der Waals surface area contributed by atoms with Crippen LogP contribution < -0.4 is 9.62 Å². The molecule has 0 aliphatic rings. The lowest BCUT2D eigenvalue weighted by Gasteiger charge is -2.32. The van der Waals surface area contributed by atoms with Gasteiger partial charge in [-0.3, -0.25) is 13.9 Å². The largest absolute Gasteiger partial charge is 0.352 e. The van der Waals surface area contributed by atoms with E-state index in [4.69, 9.17) is 11.6 Å². The monoisotopic (exact) mass is 557 g/mol. The Morgan fingerprint density at radius 1 is 1.06 bits per heavy atom. The zero-order valence-electron chi connectivity index (χ0n) is 19.1. The number of anilines is 1. The van der Waals surface area contributed by atoms with Gasteiger partial charge in [-0.2, -0.15) is 0 Å². The second-order valence-corrected chi connectivity index (χ2v) is 11.1. The lowest BCUT2D eigenvalue weighted by atomic mass is 10.1. The van der Waals surface area contributed by atoms with Crippen molar-refractivity contribution in [2.24, 2.45) is 0 Å². The summed E-state index contributed by atoms with van der Waals surface area (Å²) in [5.74, 6) is -0.800. The minimum atomic E-state index is -3.75. The van der Waals surface area contributed by atoms with Crippen LogP contribution in [-0.4, -0.2) is 50.0 Å². The Morgan fingerprint density at radius 3 is 2.15 bits per heavy atom. The molecule has 2 aromatic rings. The van der Waals surface area contributed by atoms with Crippen molar-refractivity contribution in [1.82, 2.24) is 10.2 Å². The molecule has 0 heterocycles. The molecule has 2 amide bonds. The summed E-state index contributed by atoms with van der Waals surface area (Å²) in [6, 6.07) is 12.7. The Labute approximate surface area is 209 Å². The van der Waals surface area contributed by atoms with Crippen molar-refractivity contribution in [3.8, 4) is 0 Å². The summed E-state index contributed by atoms with van der Waals surface area (Å²) in [6.45, 7) is 5.16. The van der Waals surface area contributed by atoms with Crippen LogP contribution in [0.25, 0.3) is 0 Å². The van der Waals surface area contributed by atoms with E-state index in [9.17, 15) is 18.0 Å². The molecule has 0 aliphatic carbocycles. The number of carbonyl (C=O) groups excluding carboxylic acids is 2. The maximum atomic E-state index is 13.4. The number of benzene rings is 2. The van der Waals surface area contributed by atoms with E-state index in [2.05, 4.69) is 21.2 Å². The van der Waals surface area contributed by atoms with Crippen molar-refractivity contribution in [3.05, 3.63) is 63.6 Å². The number of carbonyl (C=O) groups is 2. The quantitative estimate of drug-likeness (QED) is 0.474. The highest BCUT2D eigenvalue weighted by Crippen LogP contribution is 2.22. The maximum absolute atomic E-state index is 13.4. The molecule has 0 saturated carbocycles. The molecule has 10 heteroatoms. The van der Waals surface area contributed by atoms with Crippen LogP contribution in [0.2, 0.25) is 5.02 Å². The highest BCUT2D eigenvalue weighted by atomic mass is 79.9. The van der Waals surface area contributed by atoms with Crippen LogP contribution in [0.1, 0.15) is 32.8 Å². The number of halogens is 2. The molecular weight excluding hydrogens is 530 g/mol. The Bertz CT molecular complexity index is 1060. The number of nitrogens with zero attached hydrogens (tertiary/aromatic N) is 2. The molecule has 33 heavy (non-hydrogen) atoms. The molecule has 180 valence electrons. The smallest absolute Gasteiger partial charge is 0.244 e. The zero-order valence-corrected chi connectivity index (χ0v) is 22.2. The molecular formula is C23H29BrClN3O4S. The number of sulfonamides is 1. The fourth-order valence-electron chi connectivity index (χ4n) is 3.06. The molecule has 0 saturated heterocycles. The Morgan fingerprint density at radius 2 is 1.64 bits per heavy atom. The average molecular weight is 559 g/mol. The first-order valence-electron chi connectivity index (χ1n) is 10.5. The van der Waals surface area contributed by atoms with Crippen molar-refractivity contribution < 1.29 is 18.0 Å². The first-order chi connectivity index (χ1) is 15.4. The van der Waals surface area contributed by atoms with Gasteiger partial charge in [0.2, 0.25) is 21.8 Å². The van der Waals surface area contributed by atoms with Gasteiger partial charge in [-0.05, 0) is 62.2 Å². The number of amides is 2. The van der Waals surface area contributed by atoms with Gasteiger partial charge in [-0.15, -0.1) is 0 Å². The summed E-state index contributed by atoms with van der Waals surface area (Å²) in [6.07, 6.45) is 1.79. The number of hydrogen-bond acceptors (Lipinski definition) is 4. The van der Waals surface area contributed by atoms with Crippen molar-refractivity contribution in [2.45, 2.75) is 45.8 Å². The first-order valence-corrected chi connectivity index (χ1v) is 13.5. The predicted octanol–water partition coefficient (Wildman–Crippen LogP) is 4.20. The van der Waals surface area contributed by atoms with Gasteiger partial charge in [0.25, 0.3) is 0 Å². The van der Waals surface area contributed by atoms with Gasteiger partial charge in [0.05, 0.1) is 11.9 Å². The third-order valence-electron chi connectivity index (χ3n) is 5.23. The summed E-state index contributed by atoms with van der Waals surface area (Å²) in [5, 5.41) is 3.44. The number of hydrogen-bond donors (Lipinski definition) is 1. The first kappa shape index (κ1) is 27.1. The summed E-state index contributed by atoms with van der Waals surface area (Å²) >= 11 is 9.30. The molecule has 2 aromatic carbocycles. The molecule has 0 spiro atoms. The van der Waals surface area contributed by atoms with E-state index in [1.165, 1.54) is 4.90 Å². The minimum Gasteiger partial charge on any atom is -0.352 e. The Balaban J connectivity index is 2.36. The van der Waals surface area contributed by atoms with Crippen LogP contribution in [-0.2, 0) is 26.2 Å². The highest BCUT2D eigenvalue weighted by Gasteiger charge is 2.30. The van der Waals surface area contributed by atoms with Gasteiger partial charge in [-0.1, -0.05) is 46.6 Å². The molecule has 0 bridgehead atoms. The third-order valence-corrected chi connectivity index (χ3v) is 7.15. The second-order valence-electron chi connectivity index (χ2n) is 7.89. The molecule has 2 rings (SSSR count). The Kier molecular flexibility index (Phi) is 9.75. The van der Waals surface area contributed by atoms with E-state index in [0.717, 1.165) is 27.0 Å². The topological polar surface area (TPSA) is 86.8 Å². The van der Waals surface area contributed by atoms with Crippen LogP contribution >= 0.6 is 27.5 Å². The predicted molar refractivity (Wildman–Crippen MR) is 136 cm³/mol. The molecule has 2 atom stereocenters. The molecule has 0 radical (unpaired) electrons. The van der Waals surface area contributed by atoms with E-state index < -0.39 is 28.5 Å². The molecule has 1 N–H and O–H groups in total. The summed E-state index contributed by atoms with van der Waals surface area (Å²) in [7, 11) is -3.75. The minimum absolute atomic E-state index is 0.0530. The summed E-state index contributed by atoms with van der Waals surface area (Å²) < 4.78 is 26.8. The number of nitrogens with one attached hydrogen (secondary N) is 1. The van der Waals surface area contributed by atoms with Gasteiger partial charge in [0.1, 0.15) is 12.6 Å². The fraction of sp³-hybridized carbons (Fsp3) is 0.391. The van der Waals surface area contributed by atoms with E-state index in [0.29, 0.717) is 10.7 Å². The van der Waals surface area contributed by atoms with Gasteiger partial charge < -0.3 is 10.2 Å². The van der Waals surface area contributed by atoms with Crippen molar-refractivity contribution >= 4 is 55.1 Å². The summed E-state index contributed by atoms with van der Waals surface area (Å²) in [5.41, 5.74) is 1.13. The van der Waals surface area contributed by atoms with E-state index in [1.54, 1.807) is 55.5 Å². The van der Waals surface area contributed by atoms with E-state index >= 15 is 0 Å². The lowest BCUT2D eigenvalue weighted by Crippen LogP contribution is -2.52. The van der Waals surface area contributed by atoms with Crippen LogP contribution in [0.4, 0.5) is 5.69 Å². The van der Waals surface area contributed by atoms with Gasteiger partial charge in [0, 0.05) is 22.1 Å². The SMILES string of the molecule is CCC(C)NC(=O)C(C)N(Cc1ccc(Cl)cc1)C(=O)CN(c1ccc(Br)cc1)S(C)(=O)=O. The normalized spacial score (nSPS) is 13.2. The fourth-order valence-corrected chi connectivity index (χ4v) is 4.30. The molecule has 7 nitrogen and oxygen atoms in total. The van der Waals surface area contributed by atoms with Crippen molar-refractivity contribution in [1.29, 1.82) is 0 Å². The lowest BCUT2D eigenvalue weighted by molar-refractivity contribution is -0.139. The van der Waals surface area contributed by atoms with Gasteiger partial charge >= 0.3 is 0 Å². The molecule has 0 fully saturated rings. The van der Waals surface area contributed by atoms with Crippen LogP contribution in [0.15, 0.2) is 53.0 Å². The molecule has 0 aromatic heterocycles. The second kappa shape index (κ2) is 11.9. The third kappa shape index (κ3) is 8.01. The van der Waals surface area contributed by atoms with E-state index in [1.807, 2.05) is 13.8 Å². The van der Waals surface area contributed by atoms with Gasteiger partial charge in [-0.25, -0.2) is 8.42 Å². The number of rotatable bonds is 10. The zero-order chi connectivity index (χ0) is 24.8. The Hall–Kier alpha value is -2.10. The van der Waals surface area contributed by atoms with Gasteiger partial charge in [0.15, 0.2) is 0 Å². The summed E-state index contributed by atoms with van der Waals surface area (Å²) in [4.78, 5) is 27.6. The molecule has 2 unspecified atom stereocenters. The maximum Gasteiger partial charge on any atom is 0.244 e. The highest BCUT2D eigenvalue weighted by molar-refractivity contribution is 9.10. The van der Waals surface area contributed by atoms with Crippen molar-refractivity contribution in [2.75, 3.05) is 17.1 Å². The van der Waals surface area contributed by atoms with Crippen LogP contribution in [0, 0.1) is 0 Å². The molecule has 0 aliphatic heterocycles.